The molecule has 3 aromatic rings. The van der Waals surface area contributed by atoms with Gasteiger partial charge in [-0.3, -0.25) is 0 Å². The number of hydrogen-bond donors (Lipinski definition) is 0. The van der Waals surface area contributed by atoms with E-state index in [1.54, 1.807) is 0 Å². The van der Waals surface area contributed by atoms with Crippen LogP contribution in [0, 0.1) is 6.92 Å². The van der Waals surface area contributed by atoms with Crippen LogP contribution in [0.1, 0.15) is 17.5 Å². The highest BCUT2D eigenvalue weighted by atomic mass is 16.5. The van der Waals surface area contributed by atoms with Crippen molar-refractivity contribution in [3.05, 3.63) is 65.7 Å². The summed E-state index contributed by atoms with van der Waals surface area (Å²) in [5.41, 5.74) is 5.15. The first-order valence-corrected chi connectivity index (χ1v) is 7.58. The van der Waals surface area contributed by atoms with Gasteiger partial charge in [-0.1, -0.05) is 54.6 Å². The van der Waals surface area contributed by atoms with E-state index in [4.69, 9.17) is 4.74 Å². The Labute approximate surface area is 125 Å². The van der Waals surface area contributed by atoms with Crippen LogP contribution in [0.15, 0.2) is 54.6 Å². The molecule has 1 aliphatic heterocycles. The van der Waals surface area contributed by atoms with E-state index < -0.39 is 0 Å². The third-order valence-electron chi connectivity index (χ3n) is 4.37. The van der Waals surface area contributed by atoms with Crippen molar-refractivity contribution in [3.63, 3.8) is 0 Å². The maximum absolute atomic E-state index is 5.99. The summed E-state index contributed by atoms with van der Waals surface area (Å²) < 4.78 is 5.99. The fraction of sp³-hybridized carbons (Fsp3) is 0.200. The van der Waals surface area contributed by atoms with Gasteiger partial charge in [0.1, 0.15) is 5.75 Å². The standard InChI is InChI=1S/C20H18O/c1-14-11-12-18(17-9-3-2-8-16(14)17)19-10-4-6-15-7-5-13-21-20(15)19/h2-4,6,8-12H,5,7,13H2,1H3. The molecule has 1 heterocycles. The normalized spacial score (nSPS) is 13.8. The van der Waals surface area contributed by atoms with E-state index in [1.165, 1.54) is 33.0 Å². The van der Waals surface area contributed by atoms with Crippen LogP contribution in [0.3, 0.4) is 0 Å². The van der Waals surface area contributed by atoms with Gasteiger partial charge in [0.05, 0.1) is 6.61 Å². The third-order valence-corrected chi connectivity index (χ3v) is 4.37. The Balaban J connectivity index is 2.02. The van der Waals surface area contributed by atoms with Gasteiger partial charge in [0.25, 0.3) is 0 Å². The van der Waals surface area contributed by atoms with Gasteiger partial charge in [0.15, 0.2) is 0 Å². The average Bonchev–Trinajstić information content (AvgIpc) is 2.55. The SMILES string of the molecule is Cc1ccc(-c2cccc3c2OCCC3)c2ccccc12. The van der Waals surface area contributed by atoms with E-state index in [1.807, 2.05) is 0 Å². The van der Waals surface area contributed by atoms with Crippen molar-refractivity contribution in [2.24, 2.45) is 0 Å². The summed E-state index contributed by atoms with van der Waals surface area (Å²) in [5, 5.41) is 2.63. The second-order valence-corrected chi connectivity index (χ2v) is 5.72. The molecular weight excluding hydrogens is 256 g/mol. The van der Waals surface area contributed by atoms with Crippen LogP contribution in [0.2, 0.25) is 0 Å². The Hall–Kier alpha value is -2.28. The van der Waals surface area contributed by atoms with Gasteiger partial charge < -0.3 is 4.74 Å². The van der Waals surface area contributed by atoms with Crippen LogP contribution in [-0.4, -0.2) is 6.61 Å². The van der Waals surface area contributed by atoms with Crippen molar-refractivity contribution >= 4 is 10.8 Å². The highest BCUT2D eigenvalue weighted by molar-refractivity contribution is 5.99. The van der Waals surface area contributed by atoms with Gasteiger partial charge in [-0.2, -0.15) is 0 Å². The molecule has 1 heteroatoms. The van der Waals surface area contributed by atoms with Crippen LogP contribution in [0.25, 0.3) is 21.9 Å². The summed E-state index contributed by atoms with van der Waals surface area (Å²) in [6.45, 7) is 3.00. The van der Waals surface area contributed by atoms with Gasteiger partial charge in [0, 0.05) is 5.56 Å². The lowest BCUT2D eigenvalue weighted by Gasteiger charge is -2.21. The van der Waals surface area contributed by atoms with Gasteiger partial charge in [-0.05, 0) is 47.2 Å². The Morgan fingerprint density at radius 1 is 0.810 bits per heavy atom. The number of ether oxygens (including phenoxy) is 1. The van der Waals surface area contributed by atoms with E-state index in [9.17, 15) is 0 Å². The summed E-state index contributed by atoms with van der Waals surface area (Å²) in [5.74, 6) is 1.08. The largest absolute Gasteiger partial charge is 0.493 e. The van der Waals surface area contributed by atoms with Gasteiger partial charge in [-0.25, -0.2) is 0 Å². The lowest BCUT2D eigenvalue weighted by molar-refractivity contribution is 0.289. The van der Waals surface area contributed by atoms with Crippen molar-refractivity contribution in [1.82, 2.24) is 0 Å². The molecule has 0 amide bonds. The van der Waals surface area contributed by atoms with E-state index in [2.05, 4.69) is 61.5 Å². The molecule has 1 nitrogen and oxygen atoms in total. The van der Waals surface area contributed by atoms with Gasteiger partial charge >= 0.3 is 0 Å². The quantitative estimate of drug-likeness (QED) is 0.597. The molecule has 0 bridgehead atoms. The topological polar surface area (TPSA) is 9.23 Å². The molecule has 0 unspecified atom stereocenters. The fourth-order valence-electron chi connectivity index (χ4n) is 3.29. The Bertz CT molecular complexity index is 817. The molecule has 0 saturated heterocycles. The molecule has 0 aromatic heterocycles. The van der Waals surface area contributed by atoms with E-state index in [0.29, 0.717) is 0 Å². The molecule has 0 fully saturated rings. The second kappa shape index (κ2) is 4.92. The number of para-hydroxylation sites is 1. The predicted molar refractivity (Wildman–Crippen MR) is 87.9 cm³/mol. The zero-order valence-electron chi connectivity index (χ0n) is 12.2. The minimum absolute atomic E-state index is 0.827. The molecule has 104 valence electrons. The van der Waals surface area contributed by atoms with E-state index in [0.717, 1.165) is 25.2 Å². The maximum atomic E-state index is 5.99. The monoisotopic (exact) mass is 274 g/mol. The van der Waals surface area contributed by atoms with E-state index in [-0.39, 0.29) is 0 Å². The van der Waals surface area contributed by atoms with Crippen LogP contribution < -0.4 is 4.74 Å². The molecule has 0 radical (unpaired) electrons. The summed E-state index contributed by atoms with van der Waals surface area (Å²) in [4.78, 5) is 0. The first-order valence-electron chi connectivity index (χ1n) is 7.58. The predicted octanol–water partition coefficient (Wildman–Crippen LogP) is 5.14. The molecule has 21 heavy (non-hydrogen) atoms. The second-order valence-electron chi connectivity index (χ2n) is 5.72. The van der Waals surface area contributed by atoms with Gasteiger partial charge in [0.2, 0.25) is 0 Å². The van der Waals surface area contributed by atoms with Crippen molar-refractivity contribution in [1.29, 1.82) is 0 Å². The van der Waals surface area contributed by atoms with Crippen molar-refractivity contribution in [3.8, 4) is 16.9 Å². The first-order chi connectivity index (χ1) is 10.3. The lowest BCUT2D eigenvalue weighted by atomic mass is 9.92. The molecule has 1 aliphatic rings. The minimum atomic E-state index is 0.827. The molecule has 0 atom stereocenters. The molecule has 3 aromatic carbocycles. The zero-order chi connectivity index (χ0) is 14.2. The van der Waals surface area contributed by atoms with Crippen LogP contribution in [-0.2, 0) is 6.42 Å². The Kier molecular flexibility index (Phi) is 2.92. The highest BCUT2D eigenvalue weighted by Crippen LogP contribution is 2.39. The lowest BCUT2D eigenvalue weighted by Crippen LogP contribution is -2.09. The third kappa shape index (κ3) is 2.01. The first kappa shape index (κ1) is 12.5. The molecule has 0 spiro atoms. The number of aryl methyl sites for hydroxylation is 2. The summed E-state index contributed by atoms with van der Waals surface area (Å²) in [7, 11) is 0. The van der Waals surface area contributed by atoms with Crippen molar-refractivity contribution < 1.29 is 4.74 Å². The van der Waals surface area contributed by atoms with Crippen LogP contribution >= 0.6 is 0 Å². The Morgan fingerprint density at radius 3 is 2.57 bits per heavy atom. The average molecular weight is 274 g/mol. The molecular formula is C20H18O. The fourth-order valence-corrected chi connectivity index (χ4v) is 3.29. The molecule has 0 N–H and O–H groups in total. The Morgan fingerprint density at radius 2 is 1.67 bits per heavy atom. The minimum Gasteiger partial charge on any atom is -0.493 e. The number of hydrogen-bond acceptors (Lipinski definition) is 1. The summed E-state index contributed by atoms with van der Waals surface area (Å²) >= 11 is 0. The molecule has 0 aliphatic carbocycles. The summed E-state index contributed by atoms with van der Waals surface area (Å²) in [6, 6.07) is 19.6. The van der Waals surface area contributed by atoms with Crippen molar-refractivity contribution in [2.75, 3.05) is 6.61 Å². The maximum Gasteiger partial charge on any atom is 0.130 e. The number of fused-ring (bicyclic) bond motifs is 2. The van der Waals surface area contributed by atoms with Gasteiger partial charge in [-0.15, -0.1) is 0 Å². The van der Waals surface area contributed by atoms with Crippen LogP contribution in [0.5, 0.6) is 5.75 Å². The number of benzene rings is 3. The molecule has 4 rings (SSSR count). The van der Waals surface area contributed by atoms with Crippen LogP contribution in [0.4, 0.5) is 0 Å². The number of rotatable bonds is 1. The zero-order valence-corrected chi connectivity index (χ0v) is 12.2. The van der Waals surface area contributed by atoms with E-state index >= 15 is 0 Å². The smallest absolute Gasteiger partial charge is 0.130 e. The highest BCUT2D eigenvalue weighted by Gasteiger charge is 2.17. The molecule has 0 saturated carbocycles. The summed E-state index contributed by atoms with van der Waals surface area (Å²) in [6.07, 6.45) is 2.23. The van der Waals surface area contributed by atoms with Crippen molar-refractivity contribution in [2.45, 2.75) is 19.8 Å².